The number of anilines is 1. The molecule has 2 aromatic rings. The smallest absolute Gasteiger partial charge is 0.223 e. The van der Waals surface area contributed by atoms with Crippen molar-refractivity contribution in [1.29, 1.82) is 0 Å². The molecule has 1 fully saturated rings. The van der Waals surface area contributed by atoms with Crippen LogP contribution in [0.5, 0.6) is 0 Å². The first-order valence-corrected chi connectivity index (χ1v) is 9.72. The number of aryl methyl sites for hydroxylation is 1. The summed E-state index contributed by atoms with van der Waals surface area (Å²) in [7, 11) is -3.14. The summed E-state index contributed by atoms with van der Waals surface area (Å²) in [6.07, 6.45) is 0. The van der Waals surface area contributed by atoms with E-state index in [1.54, 1.807) is 26.0 Å². The number of sulfone groups is 1. The minimum Gasteiger partial charge on any atom is -0.369 e. The number of nitrogens with zero attached hydrogens (tertiary/aromatic N) is 4. The van der Waals surface area contributed by atoms with Crippen LogP contribution in [0.15, 0.2) is 33.7 Å². The minimum absolute atomic E-state index is 0.126. The fourth-order valence-electron chi connectivity index (χ4n) is 2.80. The topological polar surface area (TPSA) is 79.5 Å². The molecule has 0 N–H and O–H groups in total. The zero-order valence-electron chi connectivity index (χ0n) is 14.0. The van der Waals surface area contributed by atoms with Gasteiger partial charge in [-0.05, 0) is 24.3 Å². The lowest BCUT2D eigenvalue weighted by Gasteiger charge is -2.35. The van der Waals surface area contributed by atoms with E-state index in [1.165, 1.54) is 0 Å². The second-order valence-corrected chi connectivity index (χ2v) is 8.17. The van der Waals surface area contributed by atoms with E-state index < -0.39 is 9.84 Å². The molecule has 1 aliphatic heterocycles. The van der Waals surface area contributed by atoms with Gasteiger partial charge in [0.15, 0.2) is 15.7 Å². The molecule has 0 bridgehead atoms. The maximum atomic E-state index is 11.9. The van der Waals surface area contributed by atoms with Gasteiger partial charge >= 0.3 is 0 Å². The average molecular weight is 350 g/mol. The Balaban J connectivity index is 1.58. The van der Waals surface area contributed by atoms with Crippen molar-refractivity contribution in [3.8, 4) is 0 Å². The Morgan fingerprint density at radius 2 is 1.79 bits per heavy atom. The Bertz CT molecular complexity index is 778. The lowest BCUT2D eigenvalue weighted by atomic mass is 10.2. The molecule has 0 spiro atoms. The molecule has 3 rings (SSSR count). The number of aromatic nitrogens is 2. The molecule has 8 heteroatoms. The van der Waals surface area contributed by atoms with E-state index >= 15 is 0 Å². The van der Waals surface area contributed by atoms with Crippen LogP contribution in [0.3, 0.4) is 0 Å². The molecule has 1 aliphatic rings. The van der Waals surface area contributed by atoms with Gasteiger partial charge in [-0.15, -0.1) is 0 Å². The predicted octanol–water partition coefficient (Wildman–Crippen LogP) is 1.49. The third kappa shape index (κ3) is 3.76. The molecule has 0 unspecified atom stereocenters. The van der Waals surface area contributed by atoms with Crippen LogP contribution in [0.25, 0.3) is 0 Å². The van der Waals surface area contributed by atoms with Crippen LogP contribution in [-0.4, -0.2) is 55.4 Å². The molecular formula is C16H22N4O3S. The first kappa shape index (κ1) is 16.9. The minimum atomic E-state index is -3.14. The number of rotatable bonds is 5. The van der Waals surface area contributed by atoms with Gasteiger partial charge in [0.25, 0.3) is 0 Å². The number of piperazine rings is 1. The molecule has 0 saturated carbocycles. The van der Waals surface area contributed by atoms with Gasteiger partial charge in [0, 0.05) is 38.8 Å². The molecule has 0 atom stereocenters. The van der Waals surface area contributed by atoms with E-state index in [4.69, 9.17) is 4.52 Å². The highest BCUT2D eigenvalue weighted by atomic mass is 32.2. The Kier molecular flexibility index (Phi) is 4.86. The summed E-state index contributed by atoms with van der Waals surface area (Å²) in [6, 6.07) is 7.17. The quantitative estimate of drug-likeness (QED) is 0.808. The Hall–Kier alpha value is -1.93. The van der Waals surface area contributed by atoms with E-state index in [0.717, 1.165) is 37.7 Å². The largest absolute Gasteiger partial charge is 0.369 e. The van der Waals surface area contributed by atoms with Crippen LogP contribution in [0, 0.1) is 6.92 Å². The Labute approximate surface area is 142 Å². The zero-order chi connectivity index (χ0) is 17.2. The second-order valence-electron chi connectivity index (χ2n) is 5.89. The molecule has 24 heavy (non-hydrogen) atoms. The first-order chi connectivity index (χ1) is 11.5. The van der Waals surface area contributed by atoms with Crippen molar-refractivity contribution in [1.82, 2.24) is 15.0 Å². The summed E-state index contributed by atoms with van der Waals surface area (Å²) in [6.45, 7) is 7.72. The van der Waals surface area contributed by atoms with Crippen LogP contribution in [0.1, 0.15) is 18.6 Å². The van der Waals surface area contributed by atoms with Gasteiger partial charge in [0.2, 0.25) is 5.89 Å². The van der Waals surface area contributed by atoms with E-state index in [0.29, 0.717) is 17.3 Å². The van der Waals surface area contributed by atoms with Gasteiger partial charge < -0.3 is 9.42 Å². The molecule has 0 radical (unpaired) electrons. The van der Waals surface area contributed by atoms with Gasteiger partial charge in [-0.3, -0.25) is 4.90 Å². The van der Waals surface area contributed by atoms with Gasteiger partial charge in [0.1, 0.15) is 0 Å². The molecule has 0 aliphatic carbocycles. The normalized spacial score (nSPS) is 16.5. The van der Waals surface area contributed by atoms with Crippen molar-refractivity contribution in [2.24, 2.45) is 0 Å². The van der Waals surface area contributed by atoms with E-state index in [-0.39, 0.29) is 5.75 Å². The summed E-state index contributed by atoms with van der Waals surface area (Å²) in [5.74, 6) is 1.43. The van der Waals surface area contributed by atoms with Crippen molar-refractivity contribution < 1.29 is 12.9 Å². The lowest BCUT2D eigenvalue weighted by molar-refractivity contribution is 0.240. The van der Waals surface area contributed by atoms with Crippen molar-refractivity contribution in [2.75, 3.05) is 36.8 Å². The van der Waals surface area contributed by atoms with Crippen LogP contribution >= 0.6 is 0 Å². The molecule has 1 aromatic heterocycles. The fraction of sp³-hybridized carbons (Fsp3) is 0.500. The number of hydrogen-bond donors (Lipinski definition) is 0. The van der Waals surface area contributed by atoms with Crippen LogP contribution < -0.4 is 4.90 Å². The maximum Gasteiger partial charge on any atom is 0.223 e. The lowest BCUT2D eigenvalue weighted by Crippen LogP contribution is -2.46. The van der Waals surface area contributed by atoms with Crippen molar-refractivity contribution in [2.45, 2.75) is 25.3 Å². The van der Waals surface area contributed by atoms with Crippen LogP contribution in [0.4, 0.5) is 5.69 Å². The first-order valence-electron chi connectivity index (χ1n) is 8.07. The monoisotopic (exact) mass is 350 g/mol. The third-order valence-corrected chi connectivity index (χ3v) is 6.00. The highest BCUT2D eigenvalue weighted by Crippen LogP contribution is 2.20. The molecular weight excluding hydrogens is 328 g/mol. The van der Waals surface area contributed by atoms with Crippen molar-refractivity contribution >= 4 is 15.5 Å². The van der Waals surface area contributed by atoms with Gasteiger partial charge in [0.05, 0.1) is 17.2 Å². The fourth-order valence-corrected chi connectivity index (χ4v) is 3.68. The van der Waals surface area contributed by atoms with Crippen molar-refractivity contribution in [3.05, 3.63) is 36.0 Å². The van der Waals surface area contributed by atoms with Crippen LogP contribution in [-0.2, 0) is 16.4 Å². The van der Waals surface area contributed by atoms with E-state index in [1.807, 2.05) is 12.1 Å². The summed E-state index contributed by atoms with van der Waals surface area (Å²) in [5.41, 5.74) is 1.06. The highest BCUT2D eigenvalue weighted by molar-refractivity contribution is 7.91. The predicted molar refractivity (Wildman–Crippen MR) is 90.7 cm³/mol. The highest BCUT2D eigenvalue weighted by Gasteiger charge is 2.19. The molecule has 0 amide bonds. The Morgan fingerprint density at radius 1 is 1.12 bits per heavy atom. The summed E-state index contributed by atoms with van der Waals surface area (Å²) >= 11 is 0. The van der Waals surface area contributed by atoms with Gasteiger partial charge in [-0.25, -0.2) is 8.42 Å². The van der Waals surface area contributed by atoms with Gasteiger partial charge in [-0.2, -0.15) is 4.98 Å². The van der Waals surface area contributed by atoms with Crippen molar-refractivity contribution in [3.63, 3.8) is 0 Å². The summed E-state index contributed by atoms with van der Waals surface area (Å²) in [4.78, 5) is 9.17. The summed E-state index contributed by atoms with van der Waals surface area (Å²) in [5, 5.41) is 3.93. The summed E-state index contributed by atoms with van der Waals surface area (Å²) < 4.78 is 28.7. The second kappa shape index (κ2) is 6.90. The molecule has 1 aromatic carbocycles. The van der Waals surface area contributed by atoms with E-state index in [9.17, 15) is 8.42 Å². The number of hydrogen-bond acceptors (Lipinski definition) is 7. The zero-order valence-corrected chi connectivity index (χ0v) is 14.8. The van der Waals surface area contributed by atoms with Gasteiger partial charge in [-0.1, -0.05) is 12.1 Å². The van der Waals surface area contributed by atoms with Crippen LogP contribution in [0.2, 0.25) is 0 Å². The molecule has 2 heterocycles. The molecule has 7 nitrogen and oxygen atoms in total. The number of benzene rings is 1. The average Bonchev–Trinajstić information content (AvgIpc) is 3.00. The Morgan fingerprint density at radius 3 is 2.33 bits per heavy atom. The molecule has 130 valence electrons. The third-order valence-electron chi connectivity index (χ3n) is 4.25. The maximum absolute atomic E-state index is 11.9. The van der Waals surface area contributed by atoms with E-state index in [2.05, 4.69) is 19.9 Å². The standard InChI is InChI=1S/C16H22N4O3S/c1-3-24(21,22)15-6-4-14(5-7-15)20-10-8-19(9-11-20)12-16-17-13(2)23-18-16/h4-7H,3,8-12H2,1-2H3. The molecule has 1 saturated heterocycles. The SMILES string of the molecule is CCS(=O)(=O)c1ccc(N2CCN(Cc3noc(C)n3)CC2)cc1.